The van der Waals surface area contributed by atoms with Gasteiger partial charge in [-0.25, -0.2) is 9.18 Å². The van der Waals surface area contributed by atoms with E-state index in [1.54, 1.807) is 24.0 Å². The van der Waals surface area contributed by atoms with Gasteiger partial charge in [-0.15, -0.1) is 0 Å². The van der Waals surface area contributed by atoms with E-state index in [9.17, 15) is 14.0 Å². The Bertz CT molecular complexity index is 604. The van der Waals surface area contributed by atoms with E-state index in [1.165, 1.54) is 12.1 Å². The Morgan fingerprint density at radius 3 is 2.67 bits per heavy atom. The Hall–Kier alpha value is -2.77. The Kier molecular flexibility index (Phi) is 6.41. The third-order valence-electron chi connectivity index (χ3n) is 3.39. The first-order chi connectivity index (χ1) is 11.6. The largest absolute Gasteiger partial charge is 0.450 e. The van der Waals surface area contributed by atoms with Crippen molar-refractivity contribution in [3.63, 3.8) is 0 Å². The van der Waals surface area contributed by atoms with Crippen molar-refractivity contribution in [2.45, 2.75) is 13.3 Å². The zero-order chi connectivity index (χ0) is 17.4. The Balaban J connectivity index is 1.68. The van der Waals surface area contributed by atoms with Crippen molar-refractivity contribution in [3.05, 3.63) is 41.9 Å². The molecule has 1 aliphatic heterocycles. The van der Waals surface area contributed by atoms with E-state index in [1.807, 2.05) is 6.08 Å². The SMILES string of the molecule is CCOC(=O)N1CC=C(NNC(=O)CNc2ccc(F)cc2)CC1. The smallest absolute Gasteiger partial charge is 0.410 e. The van der Waals surface area contributed by atoms with E-state index in [0.29, 0.717) is 31.8 Å². The molecule has 0 unspecified atom stereocenters. The number of carbonyl (C=O) groups is 2. The van der Waals surface area contributed by atoms with Crippen LogP contribution in [0.2, 0.25) is 0 Å². The van der Waals surface area contributed by atoms with Crippen LogP contribution in [0, 0.1) is 5.82 Å². The standard InChI is InChI=1S/C16H21FN4O3/c1-2-24-16(23)21-9-7-14(8-10-21)19-20-15(22)11-18-13-5-3-12(17)4-6-13/h3-7,18-19H,2,8-11H2,1H3,(H,20,22). The second-order valence-electron chi connectivity index (χ2n) is 5.16. The molecule has 0 saturated carbocycles. The lowest BCUT2D eigenvalue weighted by molar-refractivity contribution is -0.120. The summed E-state index contributed by atoms with van der Waals surface area (Å²) in [5.74, 6) is -0.583. The zero-order valence-corrected chi connectivity index (χ0v) is 13.5. The van der Waals surface area contributed by atoms with Gasteiger partial charge in [-0.05, 0) is 37.3 Å². The number of hydrogen-bond donors (Lipinski definition) is 3. The second kappa shape index (κ2) is 8.76. The molecule has 8 heteroatoms. The predicted molar refractivity (Wildman–Crippen MR) is 87.5 cm³/mol. The van der Waals surface area contributed by atoms with Crippen LogP contribution >= 0.6 is 0 Å². The molecule has 7 nitrogen and oxygen atoms in total. The molecular weight excluding hydrogens is 315 g/mol. The van der Waals surface area contributed by atoms with Gasteiger partial charge < -0.3 is 20.4 Å². The number of hydrazine groups is 1. The normalized spacial score (nSPS) is 13.8. The molecule has 0 radical (unpaired) electrons. The fourth-order valence-corrected chi connectivity index (χ4v) is 2.11. The van der Waals surface area contributed by atoms with Gasteiger partial charge >= 0.3 is 6.09 Å². The van der Waals surface area contributed by atoms with E-state index in [4.69, 9.17) is 4.74 Å². The van der Waals surface area contributed by atoms with Crippen molar-refractivity contribution < 1.29 is 18.7 Å². The van der Waals surface area contributed by atoms with Crippen LogP contribution < -0.4 is 16.2 Å². The van der Waals surface area contributed by atoms with Crippen LogP contribution in [0.3, 0.4) is 0 Å². The van der Waals surface area contributed by atoms with Crippen molar-refractivity contribution in [1.29, 1.82) is 0 Å². The average Bonchev–Trinajstić information content (AvgIpc) is 2.60. The number of nitrogens with one attached hydrogen (secondary N) is 3. The molecule has 2 amide bonds. The summed E-state index contributed by atoms with van der Waals surface area (Å²) in [5.41, 5.74) is 6.91. The highest BCUT2D eigenvalue weighted by molar-refractivity contribution is 5.80. The molecular formula is C16H21FN4O3. The van der Waals surface area contributed by atoms with Crippen molar-refractivity contribution >= 4 is 17.7 Å². The average molecular weight is 336 g/mol. The number of nitrogens with zero attached hydrogens (tertiary/aromatic N) is 1. The van der Waals surface area contributed by atoms with Gasteiger partial charge in [0.2, 0.25) is 0 Å². The number of amides is 2. The van der Waals surface area contributed by atoms with Crippen LogP contribution in [0.15, 0.2) is 36.0 Å². The van der Waals surface area contributed by atoms with Crippen LogP contribution in [0.25, 0.3) is 0 Å². The molecule has 1 aliphatic rings. The minimum atomic E-state index is -0.333. The molecule has 2 rings (SSSR count). The maximum Gasteiger partial charge on any atom is 0.410 e. The highest BCUT2D eigenvalue weighted by Gasteiger charge is 2.18. The van der Waals surface area contributed by atoms with Gasteiger partial charge in [0, 0.05) is 30.9 Å². The van der Waals surface area contributed by atoms with Gasteiger partial charge in [-0.3, -0.25) is 10.2 Å². The van der Waals surface area contributed by atoms with Gasteiger partial charge in [0.15, 0.2) is 0 Å². The van der Waals surface area contributed by atoms with Crippen molar-refractivity contribution in [1.82, 2.24) is 15.8 Å². The maximum atomic E-state index is 12.8. The van der Waals surface area contributed by atoms with Gasteiger partial charge in [0.05, 0.1) is 13.2 Å². The second-order valence-corrected chi connectivity index (χ2v) is 5.16. The number of ether oxygens (including phenoxy) is 1. The molecule has 0 fully saturated rings. The Morgan fingerprint density at radius 2 is 2.04 bits per heavy atom. The van der Waals surface area contributed by atoms with Crippen molar-refractivity contribution in [2.24, 2.45) is 0 Å². The molecule has 0 aromatic heterocycles. The summed E-state index contributed by atoms with van der Waals surface area (Å²) in [7, 11) is 0. The number of benzene rings is 1. The van der Waals surface area contributed by atoms with E-state index >= 15 is 0 Å². The third kappa shape index (κ3) is 5.45. The van der Waals surface area contributed by atoms with Crippen LogP contribution in [0.1, 0.15) is 13.3 Å². The minimum Gasteiger partial charge on any atom is -0.450 e. The molecule has 24 heavy (non-hydrogen) atoms. The van der Waals surface area contributed by atoms with Crippen LogP contribution in [-0.4, -0.2) is 43.1 Å². The molecule has 0 spiro atoms. The Labute approximate surface area is 139 Å². The van der Waals surface area contributed by atoms with Crippen LogP contribution in [0.5, 0.6) is 0 Å². The predicted octanol–water partition coefficient (Wildman–Crippen LogP) is 1.60. The number of anilines is 1. The Morgan fingerprint density at radius 1 is 1.29 bits per heavy atom. The summed E-state index contributed by atoms with van der Waals surface area (Å²) < 4.78 is 17.7. The van der Waals surface area contributed by atoms with E-state index in [-0.39, 0.29) is 24.4 Å². The monoisotopic (exact) mass is 336 g/mol. The summed E-state index contributed by atoms with van der Waals surface area (Å²) in [4.78, 5) is 24.9. The maximum absolute atomic E-state index is 12.8. The fraction of sp³-hybridized carbons (Fsp3) is 0.375. The van der Waals surface area contributed by atoms with E-state index < -0.39 is 0 Å². The van der Waals surface area contributed by atoms with Gasteiger partial charge in [-0.2, -0.15) is 0 Å². The molecule has 130 valence electrons. The fourth-order valence-electron chi connectivity index (χ4n) is 2.11. The first-order valence-electron chi connectivity index (χ1n) is 7.73. The molecule has 0 aliphatic carbocycles. The van der Waals surface area contributed by atoms with Gasteiger partial charge in [0.25, 0.3) is 5.91 Å². The lowest BCUT2D eigenvalue weighted by Gasteiger charge is -2.26. The first-order valence-corrected chi connectivity index (χ1v) is 7.73. The van der Waals surface area contributed by atoms with Crippen LogP contribution in [0.4, 0.5) is 14.9 Å². The molecule has 3 N–H and O–H groups in total. The van der Waals surface area contributed by atoms with Gasteiger partial charge in [-0.1, -0.05) is 0 Å². The van der Waals surface area contributed by atoms with Gasteiger partial charge in [0.1, 0.15) is 5.82 Å². The minimum absolute atomic E-state index is 0.0564. The summed E-state index contributed by atoms with van der Waals surface area (Å²) in [6.07, 6.45) is 2.10. The molecule has 1 aromatic carbocycles. The summed E-state index contributed by atoms with van der Waals surface area (Å²) in [6, 6.07) is 5.76. The number of carbonyl (C=O) groups excluding carboxylic acids is 2. The van der Waals surface area contributed by atoms with Crippen LogP contribution in [-0.2, 0) is 9.53 Å². The third-order valence-corrected chi connectivity index (χ3v) is 3.39. The van der Waals surface area contributed by atoms with E-state index in [0.717, 1.165) is 5.70 Å². The lowest BCUT2D eigenvalue weighted by atomic mass is 10.2. The highest BCUT2D eigenvalue weighted by atomic mass is 19.1. The number of halogens is 1. The summed E-state index contributed by atoms with van der Waals surface area (Å²) in [5, 5.41) is 2.89. The number of hydrogen-bond acceptors (Lipinski definition) is 5. The lowest BCUT2D eigenvalue weighted by Crippen LogP contribution is -2.43. The van der Waals surface area contributed by atoms with E-state index in [2.05, 4.69) is 16.2 Å². The number of rotatable bonds is 6. The van der Waals surface area contributed by atoms with Crippen molar-refractivity contribution in [3.8, 4) is 0 Å². The molecule has 0 atom stereocenters. The quantitative estimate of drug-likeness (QED) is 0.688. The highest BCUT2D eigenvalue weighted by Crippen LogP contribution is 2.09. The molecule has 0 saturated heterocycles. The first kappa shape index (κ1) is 17.6. The zero-order valence-electron chi connectivity index (χ0n) is 13.5. The summed E-state index contributed by atoms with van der Waals surface area (Å²) in [6.45, 7) is 3.13. The summed E-state index contributed by atoms with van der Waals surface area (Å²) >= 11 is 0. The molecule has 1 aromatic rings. The molecule has 0 bridgehead atoms. The topological polar surface area (TPSA) is 82.7 Å². The molecule has 1 heterocycles. The van der Waals surface area contributed by atoms with Crippen molar-refractivity contribution in [2.75, 3.05) is 31.6 Å².